The van der Waals surface area contributed by atoms with Gasteiger partial charge in [-0.3, -0.25) is 14.9 Å². The van der Waals surface area contributed by atoms with Crippen molar-refractivity contribution in [2.75, 3.05) is 13.7 Å². The molecule has 1 atom stereocenters. The van der Waals surface area contributed by atoms with Crippen molar-refractivity contribution in [1.82, 2.24) is 4.90 Å². The van der Waals surface area contributed by atoms with Crippen LogP contribution in [0.5, 0.6) is 11.5 Å². The third kappa shape index (κ3) is 3.61. The maximum Gasteiger partial charge on any atom is 0.314 e. The van der Waals surface area contributed by atoms with Gasteiger partial charge in [0.25, 0.3) is 5.91 Å². The first-order chi connectivity index (χ1) is 12.5. The molecule has 2 aromatic carbocycles. The van der Waals surface area contributed by atoms with Gasteiger partial charge in [0.15, 0.2) is 11.9 Å². The molecule has 1 aliphatic heterocycles. The summed E-state index contributed by atoms with van der Waals surface area (Å²) in [4.78, 5) is 25.2. The lowest BCUT2D eigenvalue weighted by molar-refractivity contribution is -0.386. The van der Waals surface area contributed by atoms with Crippen LogP contribution in [0.2, 0.25) is 0 Å². The second-order valence-electron chi connectivity index (χ2n) is 6.13. The summed E-state index contributed by atoms with van der Waals surface area (Å²) in [5.74, 6) is 0.217. The summed E-state index contributed by atoms with van der Waals surface area (Å²) in [5, 5.41) is 11.3. The Labute approximate surface area is 151 Å². The van der Waals surface area contributed by atoms with Crippen molar-refractivity contribution in [3.63, 3.8) is 0 Å². The molecule has 0 bridgehead atoms. The summed E-state index contributed by atoms with van der Waals surface area (Å²) < 4.78 is 10.6. The third-order valence-corrected chi connectivity index (χ3v) is 4.46. The van der Waals surface area contributed by atoms with E-state index < -0.39 is 11.0 Å². The van der Waals surface area contributed by atoms with Crippen LogP contribution in [0, 0.1) is 10.1 Å². The van der Waals surface area contributed by atoms with Crippen molar-refractivity contribution in [3.8, 4) is 11.5 Å². The number of carbonyl (C=O) groups is 1. The van der Waals surface area contributed by atoms with Gasteiger partial charge in [-0.25, -0.2) is 0 Å². The summed E-state index contributed by atoms with van der Waals surface area (Å²) in [5.41, 5.74) is 2.14. The van der Waals surface area contributed by atoms with Crippen molar-refractivity contribution in [1.29, 1.82) is 0 Å². The number of nitro benzene ring substituents is 1. The van der Waals surface area contributed by atoms with E-state index in [1.54, 1.807) is 17.9 Å². The number of amides is 1. The molecular weight excluding hydrogens is 336 g/mol. The molecular formula is C19H20N2O5. The van der Waals surface area contributed by atoms with Crippen LogP contribution < -0.4 is 9.47 Å². The fourth-order valence-electron chi connectivity index (χ4n) is 3.05. The number of hydrogen-bond donors (Lipinski definition) is 0. The molecule has 1 amide bonds. The molecule has 0 saturated carbocycles. The highest BCUT2D eigenvalue weighted by Crippen LogP contribution is 2.32. The average Bonchev–Trinajstić information content (AvgIpc) is 2.67. The first-order valence-corrected chi connectivity index (χ1v) is 8.34. The molecule has 0 saturated heterocycles. The lowest BCUT2D eigenvalue weighted by Gasteiger charge is -2.30. The minimum Gasteiger partial charge on any atom is -0.496 e. The standard InChI is InChI=1S/C19H20N2O5/c1-13(26-18-8-7-16(25-2)11-17(18)21(23)24)19(22)20-10-9-14-5-3-4-6-15(14)12-20/h3-8,11,13H,9-10,12H2,1-2H3/t13-/m1/s1. The number of carbonyl (C=O) groups excluding carboxylic acids is 1. The number of hydrogen-bond acceptors (Lipinski definition) is 5. The minimum absolute atomic E-state index is 0.0501. The number of rotatable bonds is 5. The van der Waals surface area contributed by atoms with Gasteiger partial charge in [0.05, 0.1) is 18.1 Å². The van der Waals surface area contributed by atoms with Gasteiger partial charge >= 0.3 is 5.69 Å². The van der Waals surface area contributed by atoms with E-state index in [0.29, 0.717) is 18.8 Å². The Kier molecular flexibility index (Phi) is 5.06. The van der Waals surface area contributed by atoms with Crippen molar-refractivity contribution >= 4 is 11.6 Å². The second kappa shape index (κ2) is 7.43. The monoisotopic (exact) mass is 356 g/mol. The molecule has 0 aliphatic carbocycles. The van der Waals surface area contributed by atoms with Gasteiger partial charge in [-0.1, -0.05) is 24.3 Å². The van der Waals surface area contributed by atoms with Gasteiger partial charge in [0.2, 0.25) is 0 Å². The number of fused-ring (bicyclic) bond motifs is 1. The van der Waals surface area contributed by atoms with E-state index in [-0.39, 0.29) is 17.3 Å². The van der Waals surface area contributed by atoms with E-state index in [1.807, 2.05) is 18.2 Å². The Bertz CT molecular complexity index is 836. The van der Waals surface area contributed by atoms with E-state index in [4.69, 9.17) is 9.47 Å². The highest BCUT2D eigenvalue weighted by Gasteiger charge is 2.27. The van der Waals surface area contributed by atoms with Crippen LogP contribution in [0.25, 0.3) is 0 Å². The van der Waals surface area contributed by atoms with Gasteiger partial charge in [-0.2, -0.15) is 0 Å². The zero-order chi connectivity index (χ0) is 18.7. The predicted molar refractivity (Wildman–Crippen MR) is 95.3 cm³/mol. The number of benzene rings is 2. The first kappa shape index (κ1) is 17.7. The molecule has 7 nitrogen and oxygen atoms in total. The number of methoxy groups -OCH3 is 1. The molecule has 0 radical (unpaired) electrons. The zero-order valence-electron chi connectivity index (χ0n) is 14.7. The number of ether oxygens (including phenoxy) is 2. The Hall–Kier alpha value is -3.09. The summed E-state index contributed by atoms with van der Waals surface area (Å²) in [7, 11) is 1.43. The Morgan fingerprint density at radius 1 is 1.23 bits per heavy atom. The maximum atomic E-state index is 12.7. The highest BCUT2D eigenvalue weighted by molar-refractivity contribution is 5.81. The van der Waals surface area contributed by atoms with Crippen LogP contribution in [-0.2, 0) is 17.8 Å². The fraction of sp³-hybridized carbons (Fsp3) is 0.316. The summed E-state index contributed by atoms with van der Waals surface area (Å²) in [6.07, 6.45) is -0.0375. The molecule has 0 N–H and O–H groups in total. The number of nitrogens with zero attached hydrogens (tertiary/aromatic N) is 2. The largest absolute Gasteiger partial charge is 0.496 e. The van der Waals surface area contributed by atoms with Crippen LogP contribution in [0.3, 0.4) is 0 Å². The quantitative estimate of drug-likeness (QED) is 0.608. The van der Waals surface area contributed by atoms with Crippen molar-refractivity contribution in [2.24, 2.45) is 0 Å². The minimum atomic E-state index is -0.827. The van der Waals surface area contributed by atoms with Crippen molar-refractivity contribution in [2.45, 2.75) is 26.0 Å². The molecule has 0 fully saturated rings. The number of nitro groups is 1. The molecule has 0 aromatic heterocycles. The summed E-state index contributed by atoms with van der Waals surface area (Å²) in [6, 6.07) is 12.3. The van der Waals surface area contributed by atoms with Gasteiger partial charge in [0.1, 0.15) is 5.75 Å². The zero-order valence-corrected chi connectivity index (χ0v) is 14.7. The smallest absolute Gasteiger partial charge is 0.314 e. The molecule has 3 rings (SSSR count). The topological polar surface area (TPSA) is 81.9 Å². The van der Waals surface area contributed by atoms with Crippen LogP contribution in [0.15, 0.2) is 42.5 Å². The Balaban J connectivity index is 1.73. The van der Waals surface area contributed by atoms with E-state index in [9.17, 15) is 14.9 Å². The van der Waals surface area contributed by atoms with Crippen molar-refractivity contribution in [3.05, 3.63) is 63.7 Å². The maximum absolute atomic E-state index is 12.7. The Morgan fingerprint density at radius 3 is 2.65 bits per heavy atom. The van der Waals surface area contributed by atoms with Crippen LogP contribution >= 0.6 is 0 Å². The Morgan fingerprint density at radius 2 is 1.96 bits per heavy atom. The van der Waals surface area contributed by atoms with Crippen molar-refractivity contribution < 1.29 is 19.2 Å². The predicted octanol–water partition coefficient (Wildman–Crippen LogP) is 2.96. The summed E-state index contributed by atoms with van der Waals surface area (Å²) in [6.45, 7) is 2.73. The molecule has 0 unspecified atom stereocenters. The molecule has 136 valence electrons. The normalized spacial score (nSPS) is 14.3. The van der Waals surface area contributed by atoms with Gasteiger partial charge < -0.3 is 14.4 Å². The van der Waals surface area contributed by atoms with E-state index in [2.05, 4.69) is 6.07 Å². The third-order valence-electron chi connectivity index (χ3n) is 4.46. The van der Waals surface area contributed by atoms with Crippen LogP contribution in [0.4, 0.5) is 5.69 Å². The highest BCUT2D eigenvalue weighted by atomic mass is 16.6. The molecule has 7 heteroatoms. The first-order valence-electron chi connectivity index (χ1n) is 8.34. The molecule has 1 heterocycles. The fourth-order valence-corrected chi connectivity index (χ4v) is 3.05. The SMILES string of the molecule is COc1ccc(O[C@H](C)C(=O)N2CCc3ccccc3C2)c([N+](=O)[O-])c1. The molecule has 26 heavy (non-hydrogen) atoms. The van der Waals surface area contributed by atoms with Gasteiger partial charge in [-0.15, -0.1) is 0 Å². The lowest BCUT2D eigenvalue weighted by atomic mass is 9.99. The van der Waals surface area contributed by atoms with Gasteiger partial charge in [0, 0.05) is 13.1 Å². The lowest BCUT2D eigenvalue weighted by Crippen LogP contribution is -2.43. The van der Waals surface area contributed by atoms with E-state index >= 15 is 0 Å². The van der Waals surface area contributed by atoms with E-state index in [1.165, 1.54) is 24.8 Å². The molecule has 2 aromatic rings. The molecule has 1 aliphatic rings. The van der Waals surface area contributed by atoms with E-state index in [0.717, 1.165) is 12.0 Å². The summed E-state index contributed by atoms with van der Waals surface area (Å²) >= 11 is 0. The van der Waals surface area contributed by atoms with Crippen LogP contribution in [-0.4, -0.2) is 35.5 Å². The molecule has 0 spiro atoms. The van der Waals surface area contributed by atoms with Crippen LogP contribution in [0.1, 0.15) is 18.1 Å². The second-order valence-corrected chi connectivity index (χ2v) is 6.13. The average molecular weight is 356 g/mol. The van der Waals surface area contributed by atoms with Gasteiger partial charge in [-0.05, 0) is 36.6 Å².